The number of anilines is 1. The number of aromatic nitrogens is 2. The quantitative estimate of drug-likeness (QED) is 0.927. The maximum atomic E-state index is 12.7. The Balaban J connectivity index is 2.08. The lowest BCUT2D eigenvalue weighted by Crippen LogP contribution is -2.08. The number of rotatable bonds is 3. The highest BCUT2D eigenvalue weighted by molar-refractivity contribution is 5.72. The predicted octanol–water partition coefficient (Wildman–Crippen LogP) is 3.61. The van der Waals surface area contributed by atoms with Gasteiger partial charge in [-0.05, 0) is 18.6 Å². The second kappa shape index (κ2) is 5.07. The van der Waals surface area contributed by atoms with E-state index < -0.39 is 6.43 Å². The Hall–Kier alpha value is -2.17. The summed E-state index contributed by atoms with van der Waals surface area (Å²) in [4.78, 5) is 0. The van der Waals surface area contributed by atoms with Gasteiger partial charge < -0.3 is 5.32 Å². The molecular weight excluding hydrogens is 260 g/mol. The molecule has 0 spiro atoms. The number of nitrogens with one attached hydrogen (secondary N) is 1. The first-order chi connectivity index (χ1) is 9.66. The molecule has 1 N–H and O–H groups in total. The van der Waals surface area contributed by atoms with Crippen LogP contribution < -0.4 is 5.32 Å². The van der Waals surface area contributed by atoms with E-state index in [2.05, 4.69) is 10.4 Å². The van der Waals surface area contributed by atoms with Crippen LogP contribution >= 0.6 is 0 Å². The Morgan fingerprint density at radius 2 is 2.15 bits per heavy atom. The molecule has 1 aromatic heterocycles. The van der Waals surface area contributed by atoms with Crippen LogP contribution in [-0.4, -0.2) is 16.2 Å². The molecule has 0 atom stereocenters. The van der Waals surface area contributed by atoms with Crippen molar-refractivity contribution in [2.24, 2.45) is 0 Å². The van der Waals surface area contributed by atoms with Gasteiger partial charge in [0.1, 0.15) is 5.82 Å². The first kappa shape index (κ1) is 12.8. The van der Waals surface area contributed by atoms with Crippen LogP contribution in [0.15, 0.2) is 36.5 Å². The van der Waals surface area contributed by atoms with Gasteiger partial charge in [-0.3, -0.25) is 0 Å². The van der Waals surface area contributed by atoms with Gasteiger partial charge in [-0.25, -0.2) is 13.5 Å². The normalized spacial score (nSPS) is 13.4. The zero-order valence-corrected chi connectivity index (χ0v) is 11.1. The van der Waals surface area contributed by atoms with Crippen molar-refractivity contribution in [1.82, 2.24) is 9.78 Å². The molecule has 0 bridgehead atoms. The second-order valence-electron chi connectivity index (χ2n) is 4.80. The number of benzene rings is 1. The minimum Gasteiger partial charge on any atom is -0.347 e. The third-order valence-corrected chi connectivity index (χ3v) is 3.45. The number of fused-ring (bicyclic) bond motifs is 1. The summed E-state index contributed by atoms with van der Waals surface area (Å²) in [6.07, 6.45) is 1.24. The van der Waals surface area contributed by atoms with E-state index in [0.29, 0.717) is 12.1 Å². The number of halogens is 2. The van der Waals surface area contributed by atoms with Crippen molar-refractivity contribution in [2.45, 2.75) is 26.3 Å². The minimum absolute atomic E-state index is 0.247. The van der Waals surface area contributed by atoms with Gasteiger partial charge in [-0.15, -0.1) is 0 Å². The molecular formula is C15H15F2N3. The maximum absolute atomic E-state index is 12.7. The summed E-state index contributed by atoms with van der Waals surface area (Å²) < 4.78 is 27.2. The predicted molar refractivity (Wildman–Crippen MR) is 74.9 cm³/mol. The van der Waals surface area contributed by atoms with Crippen molar-refractivity contribution in [3.8, 4) is 11.3 Å². The molecule has 2 heterocycles. The van der Waals surface area contributed by atoms with Crippen LogP contribution in [-0.2, 0) is 13.0 Å². The van der Waals surface area contributed by atoms with Crippen LogP contribution in [0.5, 0.6) is 0 Å². The lowest BCUT2D eigenvalue weighted by molar-refractivity contribution is 0.149. The zero-order chi connectivity index (χ0) is 14.1. The third kappa shape index (κ3) is 2.19. The molecule has 3 nitrogen and oxygen atoms in total. The van der Waals surface area contributed by atoms with Crippen LogP contribution in [0.1, 0.15) is 11.1 Å². The van der Waals surface area contributed by atoms with Crippen molar-refractivity contribution in [2.75, 3.05) is 5.32 Å². The molecule has 104 valence electrons. The van der Waals surface area contributed by atoms with Crippen molar-refractivity contribution in [1.29, 1.82) is 0 Å². The van der Waals surface area contributed by atoms with Gasteiger partial charge >= 0.3 is 0 Å². The number of allylic oxidation sites excluding steroid dienone is 1. The highest BCUT2D eigenvalue weighted by atomic mass is 19.3. The number of alkyl halides is 2. The first-order valence-corrected chi connectivity index (χ1v) is 6.52. The molecule has 3 rings (SSSR count). The molecule has 0 saturated carbocycles. The van der Waals surface area contributed by atoms with E-state index in [1.54, 1.807) is 12.1 Å². The smallest absolute Gasteiger partial charge is 0.242 e. The summed E-state index contributed by atoms with van der Waals surface area (Å²) in [6.45, 7) is 2.65. The van der Waals surface area contributed by atoms with Gasteiger partial charge in [0.15, 0.2) is 0 Å². The molecule has 1 aromatic carbocycles. The van der Waals surface area contributed by atoms with Gasteiger partial charge in [0.2, 0.25) is 6.43 Å². The first-order valence-electron chi connectivity index (χ1n) is 6.52. The summed E-state index contributed by atoms with van der Waals surface area (Å²) in [5.74, 6) is 0.925. The topological polar surface area (TPSA) is 29.9 Å². The molecule has 5 heteroatoms. The lowest BCUT2D eigenvalue weighted by atomic mass is 10.00. The molecule has 0 amide bonds. The molecule has 20 heavy (non-hydrogen) atoms. The van der Waals surface area contributed by atoms with Crippen LogP contribution in [0, 0.1) is 6.92 Å². The second-order valence-corrected chi connectivity index (χ2v) is 4.80. The maximum Gasteiger partial charge on any atom is 0.242 e. The highest BCUT2D eigenvalue weighted by Crippen LogP contribution is 2.32. The van der Waals surface area contributed by atoms with Gasteiger partial charge in [-0.2, -0.15) is 5.10 Å². The fourth-order valence-corrected chi connectivity index (χ4v) is 2.51. The van der Waals surface area contributed by atoms with Crippen molar-refractivity contribution >= 4 is 5.82 Å². The number of nitrogens with zero attached hydrogens (tertiary/aromatic N) is 2. The van der Waals surface area contributed by atoms with E-state index in [4.69, 9.17) is 0 Å². The zero-order valence-electron chi connectivity index (χ0n) is 11.1. The Kier molecular flexibility index (Phi) is 3.26. The van der Waals surface area contributed by atoms with E-state index in [9.17, 15) is 8.78 Å². The fourth-order valence-electron chi connectivity index (χ4n) is 2.51. The van der Waals surface area contributed by atoms with Gasteiger partial charge in [-0.1, -0.05) is 24.3 Å². The molecule has 0 unspecified atom stereocenters. The molecule has 0 saturated heterocycles. The van der Waals surface area contributed by atoms with Gasteiger partial charge in [0.25, 0.3) is 0 Å². The molecule has 0 radical (unpaired) electrons. The molecule has 1 aliphatic heterocycles. The summed E-state index contributed by atoms with van der Waals surface area (Å²) in [6, 6.07) is 7.23. The van der Waals surface area contributed by atoms with Crippen LogP contribution in [0.3, 0.4) is 0 Å². The Bertz CT molecular complexity index is 659. The molecule has 0 fully saturated rings. The monoisotopic (exact) mass is 275 g/mol. The number of hydrogen-bond acceptors (Lipinski definition) is 2. The van der Waals surface area contributed by atoms with E-state index in [-0.39, 0.29) is 6.42 Å². The third-order valence-electron chi connectivity index (χ3n) is 3.45. The minimum atomic E-state index is -2.35. The summed E-state index contributed by atoms with van der Waals surface area (Å²) in [5, 5.41) is 7.70. The van der Waals surface area contributed by atoms with Gasteiger partial charge in [0.05, 0.1) is 12.2 Å². The Morgan fingerprint density at radius 1 is 1.35 bits per heavy atom. The summed E-state index contributed by atoms with van der Waals surface area (Å²) >= 11 is 0. The largest absolute Gasteiger partial charge is 0.347 e. The molecule has 2 aromatic rings. The average molecular weight is 275 g/mol. The standard InChI is InChI=1S/C15H15F2N3/c1-10-14(19-20-8-4-7-18-15(10)20)12-6-3-2-5-11(12)9-13(16)17/h2-7,13,18H,8-9H2,1H3. The van der Waals surface area contributed by atoms with E-state index >= 15 is 0 Å². The SMILES string of the molecule is Cc1c(-c2ccccc2CC(F)F)nn2c1NC=CC2. The lowest BCUT2D eigenvalue weighted by Gasteiger charge is -2.09. The number of hydrogen-bond donors (Lipinski definition) is 1. The Labute approximate surface area is 115 Å². The highest BCUT2D eigenvalue weighted by Gasteiger charge is 2.19. The van der Waals surface area contributed by atoms with Gasteiger partial charge in [0, 0.05) is 23.7 Å². The average Bonchev–Trinajstić information content (AvgIpc) is 2.77. The Morgan fingerprint density at radius 3 is 2.90 bits per heavy atom. The molecule has 1 aliphatic rings. The van der Waals surface area contributed by atoms with Crippen LogP contribution in [0.2, 0.25) is 0 Å². The van der Waals surface area contributed by atoms with Crippen LogP contribution in [0.4, 0.5) is 14.6 Å². The molecule has 0 aliphatic carbocycles. The van der Waals surface area contributed by atoms with E-state index in [1.807, 2.05) is 36.0 Å². The van der Waals surface area contributed by atoms with Crippen LogP contribution in [0.25, 0.3) is 11.3 Å². The van der Waals surface area contributed by atoms with E-state index in [1.165, 1.54) is 0 Å². The van der Waals surface area contributed by atoms with E-state index in [0.717, 1.165) is 22.6 Å². The fraction of sp³-hybridized carbons (Fsp3) is 0.267. The van der Waals surface area contributed by atoms with Crippen molar-refractivity contribution in [3.63, 3.8) is 0 Å². The summed E-state index contributed by atoms with van der Waals surface area (Å²) in [7, 11) is 0. The van der Waals surface area contributed by atoms with Crippen molar-refractivity contribution < 1.29 is 8.78 Å². The van der Waals surface area contributed by atoms with Crippen molar-refractivity contribution in [3.05, 3.63) is 47.7 Å². The summed E-state index contributed by atoms with van der Waals surface area (Å²) in [5.41, 5.74) is 3.17.